The van der Waals surface area contributed by atoms with E-state index < -0.39 is 6.23 Å². The highest BCUT2D eigenvalue weighted by Crippen LogP contribution is 1.79. The molecule has 0 fully saturated rings. The van der Waals surface area contributed by atoms with Crippen molar-refractivity contribution < 1.29 is 5.11 Å². The topological polar surface area (TPSA) is 44.3 Å². The van der Waals surface area contributed by atoms with E-state index in [1.807, 2.05) is 6.08 Å². The first-order valence-corrected chi connectivity index (χ1v) is 2.69. The van der Waals surface area contributed by atoms with E-state index in [1.54, 1.807) is 6.20 Å². The monoisotopic (exact) mass is 114 g/mol. The van der Waals surface area contributed by atoms with Gasteiger partial charge in [-0.05, 0) is 6.20 Å². The van der Waals surface area contributed by atoms with Gasteiger partial charge in [-0.15, -0.1) is 0 Å². The third kappa shape index (κ3) is 1.52. The fraction of sp³-hybridized carbons (Fsp3) is 0.600. The Labute approximate surface area is 48.4 Å². The maximum absolute atomic E-state index is 8.86. The van der Waals surface area contributed by atoms with Gasteiger partial charge in [0.2, 0.25) is 0 Å². The fourth-order valence-corrected chi connectivity index (χ4v) is 0.600. The second-order valence-corrected chi connectivity index (χ2v) is 1.74. The molecule has 0 aromatic carbocycles. The van der Waals surface area contributed by atoms with E-state index in [-0.39, 0.29) is 0 Å². The Morgan fingerprint density at radius 1 is 1.62 bits per heavy atom. The minimum Gasteiger partial charge on any atom is -0.372 e. The van der Waals surface area contributed by atoms with Crippen LogP contribution in [0.25, 0.3) is 0 Å². The summed E-state index contributed by atoms with van der Waals surface area (Å²) >= 11 is 0. The van der Waals surface area contributed by atoms with E-state index in [4.69, 9.17) is 5.11 Å². The highest BCUT2D eigenvalue weighted by atomic mass is 16.3. The Kier molecular flexibility index (Phi) is 1.88. The summed E-state index contributed by atoms with van der Waals surface area (Å²) in [5.41, 5.74) is 0. The summed E-state index contributed by atoms with van der Waals surface area (Å²) in [6.07, 6.45) is 3.26. The Hall–Kier alpha value is -0.540. The number of rotatable bonds is 0. The molecule has 3 N–H and O–H groups in total. The largest absolute Gasteiger partial charge is 0.372 e. The lowest BCUT2D eigenvalue weighted by atomic mass is 10.5. The highest BCUT2D eigenvalue weighted by molar-refractivity contribution is 4.86. The van der Waals surface area contributed by atoms with Gasteiger partial charge in [-0.3, -0.25) is 0 Å². The van der Waals surface area contributed by atoms with Crippen LogP contribution in [-0.2, 0) is 0 Å². The van der Waals surface area contributed by atoms with Crippen LogP contribution in [0.3, 0.4) is 0 Å². The van der Waals surface area contributed by atoms with Crippen molar-refractivity contribution in [2.75, 3.05) is 13.1 Å². The summed E-state index contributed by atoms with van der Waals surface area (Å²) in [6.45, 7) is 1.46. The van der Waals surface area contributed by atoms with E-state index >= 15 is 0 Å². The standard InChI is InChI=1S/C5H10N2O/c8-5-4-6-2-1-3-7-5/h1,3,5-8H,2,4H2. The van der Waals surface area contributed by atoms with Crippen molar-refractivity contribution in [3.8, 4) is 0 Å². The molecule has 0 aromatic heterocycles. The molecular weight excluding hydrogens is 104 g/mol. The number of hydrogen-bond donors (Lipinski definition) is 3. The van der Waals surface area contributed by atoms with Crippen molar-refractivity contribution in [2.24, 2.45) is 0 Å². The molecule has 0 aliphatic carbocycles. The predicted molar refractivity (Wildman–Crippen MR) is 31.2 cm³/mol. The average Bonchev–Trinajstić information content (AvgIpc) is 1.94. The maximum Gasteiger partial charge on any atom is 0.136 e. The van der Waals surface area contributed by atoms with E-state index in [0.717, 1.165) is 6.54 Å². The number of aliphatic hydroxyl groups excluding tert-OH is 1. The number of nitrogens with one attached hydrogen (secondary N) is 2. The molecule has 0 saturated carbocycles. The van der Waals surface area contributed by atoms with Crippen molar-refractivity contribution in [1.29, 1.82) is 0 Å². The van der Waals surface area contributed by atoms with Crippen LogP contribution in [0.15, 0.2) is 12.3 Å². The van der Waals surface area contributed by atoms with Crippen LogP contribution in [-0.4, -0.2) is 24.4 Å². The predicted octanol–water partition coefficient (Wildman–Crippen LogP) is -0.989. The van der Waals surface area contributed by atoms with Gasteiger partial charge in [0.25, 0.3) is 0 Å². The van der Waals surface area contributed by atoms with Crippen molar-refractivity contribution in [3.63, 3.8) is 0 Å². The summed E-state index contributed by atoms with van der Waals surface area (Å²) in [4.78, 5) is 0. The molecular formula is C5H10N2O. The van der Waals surface area contributed by atoms with Crippen LogP contribution in [0.2, 0.25) is 0 Å². The van der Waals surface area contributed by atoms with Crippen LogP contribution < -0.4 is 10.6 Å². The van der Waals surface area contributed by atoms with Gasteiger partial charge >= 0.3 is 0 Å². The van der Waals surface area contributed by atoms with Crippen LogP contribution in [0.1, 0.15) is 0 Å². The summed E-state index contributed by atoms with van der Waals surface area (Å²) < 4.78 is 0. The van der Waals surface area contributed by atoms with E-state index in [2.05, 4.69) is 10.6 Å². The molecule has 0 aromatic rings. The molecule has 1 atom stereocenters. The quantitative estimate of drug-likeness (QED) is 0.379. The molecule has 1 rings (SSSR count). The first kappa shape index (κ1) is 5.59. The molecule has 1 aliphatic heterocycles. The summed E-state index contributed by atoms with van der Waals surface area (Å²) in [6, 6.07) is 0. The Morgan fingerprint density at radius 2 is 2.50 bits per heavy atom. The third-order valence-corrected chi connectivity index (χ3v) is 1.01. The molecule has 0 spiro atoms. The van der Waals surface area contributed by atoms with Gasteiger partial charge in [-0.1, -0.05) is 6.08 Å². The van der Waals surface area contributed by atoms with Crippen molar-refractivity contribution in [1.82, 2.24) is 10.6 Å². The zero-order chi connectivity index (χ0) is 5.82. The normalized spacial score (nSPS) is 28.9. The van der Waals surface area contributed by atoms with E-state index in [1.165, 1.54) is 0 Å². The van der Waals surface area contributed by atoms with Gasteiger partial charge < -0.3 is 15.7 Å². The van der Waals surface area contributed by atoms with Gasteiger partial charge in [0.15, 0.2) is 0 Å². The first-order valence-electron chi connectivity index (χ1n) is 2.69. The van der Waals surface area contributed by atoms with Gasteiger partial charge in [0, 0.05) is 13.1 Å². The van der Waals surface area contributed by atoms with Crippen molar-refractivity contribution >= 4 is 0 Å². The summed E-state index contributed by atoms with van der Waals surface area (Å²) in [7, 11) is 0. The fourth-order valence-electron chi connectivity index (χ4n) is 0.600. The average molecular weight is 114 g/mol. The zero-order valence-corrected chi connectivity index (χ0v) is 4.59. The van der Waals surface area contributed by atoms with Gasteiger partial charge in [0.05, 0.1) is 0 Å². The molecule has 3 heteroatoms. The van der Waals surface area contributed by atoms with E-state index in [0.29, 0.717) is 6.54 Å². The molecule has 1 unspecified atom stereocenters. The molecule has 0 amide bonds. The Balaban J connectivity index is 2.30. The number of β-amino-alcohol motifs (C(OH)–C–C–N with tert-alkyl or cyclic N) is 1. The lowest BCUT2D eigenvalue weighted by Crippen LogP contribution is -2.33. The molecule has 1 aliphatic rings. The minimum atomic E-state index is -0.422. The summed E-state index contributed by atoms with van der Waals surface area (Å²) in [5.74, 6) is 0. The summed E-state index contributed by atoms with van der Waals surface area (Å²) in [5, 5.41) is 14.6. The first-order chi connectivity index (χ1) is 3.89. The second kappa shape index (κ2) is 2.69. The lowest BCUT2D eigenvalue weighted by Gasteiger charge is -2.05. The second-order valence-electron chi connectivity index (χ2n) is 1.74. The Morgan fingerprint density at radius 3 is 3.38 bits per heavy atom. The van der Waals surface area contributed by atoms with Gasteiger partial charge in [-0.2, -0.15) is 0 Å². The zero-order valence-electron chi connectivity index (χ0n) is 4.59. The Bertz CT molecular complexity index is 92.4. The van der Waals surface area contributed by atoms with Crippen LogP contribution in [0.5, 0.6) is 0 Å². The molecule has 46 valence electrons. The maximum atomic E-state index is 8.86. The third-order valence-electron chi connectivity index (χ3n) is 1.01. The van der Waals surface area contributed by atoms with Crippen LogP contribution in [0.4, 0.5) is 0 Å². The number of aliphatic hydroxyl groups is 1. The van der Waals surface area contributed by atoms with E-state index in [9.17, 15) is 0 Å². The molecule has 1 heterocycles. The lowest BCUT2D eigenvalue weighted by molar-refractivity contribution is 0.155. The van der Waals surface area contributed by atoms with Crippen LogP contribution >= 0.6 is 0 Å². The van der Waals surface area contributed by atoms with Gasteiger partial charge in [-0.25, -0.2) is 0 Å². The van der Waals surface area contributed by atoms with Crippen LogP contribution in [0, 0.1) is 0 Å². The van der Waals surface area contributed by atoms with Crippen molar-refractivity contribution in [3.05, 3.63) is 12.3 Å². The highest BCUT2D eigenvalue weighted by Gasteiger charge is 1.99. The van der Waals surface area contributed by atoms with Crippen molar-refractivity contribution in [2.45, 2.75) is 6.23 Å². The molecule has 0 bridgehead atoms. The molecule has 0 saturated heterocycles. The number of hydrogen-bond acceptors (Lipinski definition) is 3. The smallest absolute Gasteiger partial charge is 0.136 e. The molecule has 8 heavy (non-hydrogen) atoms. The van der Waals surface area contributed by atoms with Gasteiger partial charge in [0.1, 0.15) is 6.23 Å². The molecule has 3 nitrogen and oxygen atoms in total. The molecule has 0 radical (unpaired) electrons. The SMILES string of the molecule is OC1CNCC=CN1. The minimum absolute atomic E-state index is 0.422.